The first kappa shape index (κ1) is 16.3. The van der Waals surface area contributed by atoms with Crippen LogP contribution in [0.2, 0.25) is 0 Å². The summed E-state index contributed by atoms with van der Waals surface area (Å²) in [7, 11) is 1.91. The summed E-state index contributed by atoms with van der Waals surface area (Å²) in [6.45, 7) is 6.13. The fourth-order valence-electron chi connectivity index (χ4n) is 2.85. The SMILES string of the molecule is Cc1nn(C)cc1-c1cnc2ccc(Nc3cc(C(C)C)no3)nc2c1. The topological polar surface area (TPSA) is 81.7 Å². The van der Waals surface area contributed by atoms with Gasteiger partial charge in [-0.25, -0.2) is 4.98 Å². The molecule has 0 radical (unpaired) electrons. The molecular formula is C19H20N6O. The number of nitrogens with one attached hydrogen (secondary N) is 1. The van der Waals surface area contributed by atoms with Gasteiger partial charge in [-0.1, -0.05) is 19.0 Å². The molecule has 0 unspecified atom stereocenters. The van der Waals surface area contributed by atoms with E-state index < -0.39 is 0 Å². The minimum Gasteiger partial charge on any atom is -0.338 e. The molecule has 0 fully saturated rings. The smallest absolute Gasteiger partial charge is 0.230 e. The van der Waals surface area contributed by atoms with Crippen LogP contribution in [0.25, 0.3) is 22.2 Å². The van der Waals surface area contributed by atoms with Crippen LogP contribution in [0.1, 0.15) is 31.2 Å². The fraction of sp³-hybridized carbons (Fsp3) is 0.263. The number of aryl methyl sites for hydroxylation is 2. The lowest BCUT2D eigenvalue weighted by Gasteiger charge is -2.05. The highest BCUT2D eigenvalue weighted by atomic mass is 16.5. The lowest BCUT2D eigenvalue weighted by Crippen LogP contribution is -1.94. The van der Waals surface area contributed by atoms with Crippen LogP contribution >= 0.6 is 0 Å². The first-order valence-corrected chi connectivity index (χ1v) is 8.50. The fourth-order valence-corrected chi connectivity index (χ4v) is 2.85. The molecule has 26 heavy (non-hydrogen) atoms. The minimum atomic E-state index is 0.313. The number of anilines is 2. The molecule has 7 heteroatoms. The summed E-state index contributed by atoms with van der Waals surface area (Å²) in [6, 6.07) is 7.73. The second-order valence-electron chi connectivity index (χ2n) is 6.66. The molecule has 0 atom stereocenters. The van der Waals surface area contributed by atoms with Crippen molar-refractivity contribution in [1.29, 1.82) is 0 Å². The summed E-state index contributed by atoms with van der Waals surface area (Å²) in [6.07, 6.45) is 3.84. The number of fused-ring (bicyclic) bond motifs is 1. The van der Waals surface area contributed by atoms with E-state index in [1.165, 1.54) is 0 Å². The molecule has 4 heterocycles. The van der Waals surface area contributed by atoms with Crippen molar-refractivity contribution in [3.63, 3.8) is 0 Å². The number of hydrogen-bond acceptors (Lipinski definition) is 6. The monoisotopic (exact) mass is 348 g/mol. The Labute approximate surface area is 151 Å². The molecule has 0 aliphatic heterocycles. The van der Waals surface area contributed by atoms with Gasteiger partial charge in [0.15, 0.2) is 0 Å². The number of nitrogens with zero attached hydrogens (tertiary/aromatic N) is 5. The van der Waals surface area contributed by atoms with Gasteiger partial charge in [-0.2, -0.15) is 5.10 Å². The molecule has 0 aliphatic carbocycles. The molecule has 0 aromatic carbocycles. The highest BCUT2D eigenvalue weighted by Crippen LogP contribution is 2.26. The largest absolute Gasteiger partial charge is 0.338 e. The standard InChI is InChI=1S/C19H20N6O/c1-11(2)16-8-19(26-24-16)22-18-6-5-15-17(21-18)7-13(9-20-15)14-10-25(4)23-12(14)3/h5-11H,1-4H3,(H,21,22). The summed E-state index contributed by atoms with van der Waals surface area (Å²) < 4.78 is 7.13. The molecule has 0 aliphatic rings. The predicted octanol–water partition coefficient (Wildman–Crippen LogP) is 4.19. The zero-order valence-corrected chi connectivity index (χ0v) is 15.2. The lowest BCUT2D eigenvalue weighted by atomic mass is 10.1. The maximum Gasteiger partial charge on any atom is 0.230 e. The van der Waals surface area contributed by atoms with Crippen molar-refractivity contribution in [2.75, 3.05) is 5.32 Å². The number of aromatic nitrogens is 5. The molecule has 4 aromatic rings. The average Bonchev–Trinajstić information content (AvgIpc) is 3.20. The third-order valence-corrected chi connectivity index (χ3v) is 4.23. The van der Waals surface area contributed by atoms with Crippen LogP contribution in [0.3, 0.4) is 0 Å². The second kappa shape index (κ2) is 6.25. The summed E-state index contributed by atoms with van der Waals surface area (Å²) >= 11 is 0. The van der Waals surface area contributed by atoms with Gasteiger partial charge in [0.25, 0.3) is 0 Å². The third-order valence-electron chi connectivity index (χ3n) is 4.23. The van der Waals surface area contributed by atoms with Crippen molar-refractivity contribution in [2.24, 2.45) is 7.05 Å². The van der Waals surface area contributed by atoms with Crippen molar-refractivity contribution in [3.05, 3.63) is 48.0 Å². The van der Waals surface area contributed by atoms with E-state index in [1.54, 1.807) is 4.68 Å². The Bertz CT molecular complexity index is 1080. The number of hydrogen-bond donors (Lipinski definition) is 1. The number of rotatable bonds is 4. The molecular weight excluding hydrogens is 328 g/mol. The highest BCUT2D eigenvalue weighted by molar-refractivity contribution is 5.82. The summed E-state index contributed by atoms with van der Waals surface area (Å²) in [4.78, 5) is 9.18. The van der Waals surface area contributed by atoms with Crippen LogP contribution in [-0.4, -0.2) is 24.9 Å². The van der Waals surface area contributed by atoms with E-state index in [9.17, 15) is 0 Å². The zero-order chi connectivity index (χ0) is 18.3. The van der Waals surface area contributed by atoms with E-state index >= 15 is 0 Å². The van der Waals surface area contributed by atoms with Crippen LogP contribution < -0.4 is 5.32 Å². The molecule has 0 amide bonds. The van der Waals surface area contributed by atoms with Crippen molar-refractivity contribution in [3.8, 4) is 11.1 Å². The average molecular weight is 348 g/mol. The number of pyridine rings is 2. The molecule has 4 aromatic heterocycles. The van der Waals surface area contributed by atoms with Crippen LogP contribution in [0.4, 0.5) is 11.7 Å². The summed E-state index contributed by atoms with van der Waals surface area (Å²) in [5.41, 5.74) is 5.56. The second-order valence-corrected chi connectivity index (χ2v) is 6.66. The van der Waals surface area contributed by atoms with Gasteiger partial charge in [0.05, 0.1) is 22.4 Å². The van der Waals surface area contributed by atoms with Gasteiger partial charge in [0.2, 0.25) is 5.88 Å². The summed E-state index contributed by atoms with van der Waals surface area (Å²) in [5.74, 6) is 1.58. The predicted molar refractivity (Wildman–Crippen MR) is 100 cm³/mol. The Morgan fingerprint density at radius 1 is 1.15 bits per heavy atom. The van der Waals surface area contributed by atoms with Crippen molar-refractivity contribution >= 4 is 22.7 Å². The highest BCUT2D eigenvalue weighted by Gasteiger charge is 2.10. The van der Waals surface area contributed by atoms with Crippen LogP contribution in [0, 0.1) is 6.92 Å². The zero-order valence-electron chi connectivity index (χ0n) is 15.2. The Kier molecular flexibility index (Phi) is 3.91. The van der Waals surface area contributed by atoms with E-state index in [0.717, 1.165) is 33.5 Å². The normalized spacial score (nSPS) is 11.4. The Morgan fingerprint density at radius 3 is 2.69 bits per heavy atom. The first-order chi connectivity index (χ1) is 12.5. The van der Waals surface area contributed by atoms with E-state index in [0.29, 0.717) is 17.6 Å². The molecule has 0 bridgehead atoms. The van der Waals surface area contributed by atoms with Gasteiger partial charge >= 0.3 is 0 Å². The van der Waals surface area contributed by atoms with Crippen molar-refractivity contribution < 1.29 is 4.52 Å². The van der Waals surface area contributed by atoms with Crippen LogP contribution in [-0.2, 0) is 7.05 Å². The lowest BCUT2D eigenvalue weighted by molar-refractivity contribution is 0.422. The maximum absolute atomic E-state index is 5.33. The molecule has 0 saturated heterocycles. The van der Waals surface area contributed by atoms with Gasteiger partial charge in [-0.15, -0.1) is 0 Å². The minimum absolute atomic E-state index is 0.313. The molecule has 132 valence electrons. The van der Waals surface area contributed by atoms with Gasteiger partial charge < -0.3 is 9.84 Å². The van der Waals surface area contributed by atoms with Gasteiger partial charge in [-0.05, 0) is 31.0 Å². The van der Waals surface area contributed by atoms with E-state index in [2.05, 4.69) is 39.4 Å². The molecule has 4 rings (SSSR count). The first-order valence-electron chi connectivity index (χ1n) is 8.50. The molecule has 1 N–H and O–H groups in total. The maximum atomic E-state index is 5.33. The quantitative estimate of drug-likeness (QED) is 0.595. The van der Waals surface area contributed by atoms with E-state index in [-0.39, 0.29) is 0 Å². The third kappa shape index (κ3) is 3.03. The Morgan fingerprint density at radius 2 is 2.00 bits per heavy atom. The van der Waals surface area contributed by atoms with Crippen molar-refractivity contribution in [2.45, 2.75) is 26.7 Å². The van der Waals surface area contributed by atoms with Crippen molar-refractivity contribution in [1.82, 2.24) is 24.9 Å². The summed E-state index contributed by atoms with van der Waals surface area (Å²) in [5, 5.41) is 11.6. The van der Waals surface area contributed by atoms with E-state index in [4.69, 9.17) is 4.52 Å². The Hall–Kier alpha value is -3.22. The molecule has 0 saturated carbocycles. The van der Waals surface area contributed by atoms with Gasteiger partial charge in [0.1, 0.15) is 5.82 Å². The van der Waals surface area contributed by atoms with Crippen LogP contribution in [0.15, 0.2) is 41.2 Å². The van der Waals surface area contributed by atoms with E-state index in [1.807, 2.05) is 50.6 Å². The van der Waals surface area contributed by atoms with Gasteiger partial charge in [0, 0.05) is 36.6 Å². The van der Waals surface area contributed by atoms with Gasteiger partial charge in [-0.3, -0.25) is 9.67 Å². The molecule has 0 spiro atoms. The van der Waals surface area contributed by atoms with Crippen LogP contribution in [0.5, 0.6) is 0 Å². The molecule has 7 nitrogen and oxygen atoms in total. The Balaban J connectivity index is 1.68.